The van der Waals surface area contributed by atoms with Crippen LogP contribution in [0, 0.1) is 0 Å². The van der Waals surface area contributed by atoms with Crippen LogP contribution in [-0.4, -0.2) is 0 Å². The van der Waals surface area contributed by atoms with Gasteiger partial charge in [-0.3, -0.25) is 0 Å². The van der Waals surface area contributed by atoms with Crippen LogP contribution in [0.5, 0.6) is 0 Å². The summed E-state index contributed by atoms with van der Waals surface area (Å²) in [4.78, 5) is 0. The van der Waals surface area contributed by atoms with Gasteiger partial charge in [0.15, 0.2) is 0 Å². The lowest BCUT2D eigenvalue weighted by molar-refractivity contribution is 0.829. The summed E-state index contributed by atoms with van der Waals surface area (Å²) in [7, 11) is 0. The molecule has 0 unspecified atom stereocenters. The molecule has 1 aromatic rings. The number of nitrogens with two attached hydrogens (primary N) is 1. The summed E-state index contributed by atoms with van der Waals surface area (Å²) in [5, 5.41) is 7.20. The topological polar surface area (TPSA) is 50.1 Å². The molecule has 30 heavy (non-hydrogen) atoms. The van der Waals surface area contributed by atoms with Crippen LogP contribution in [0.25, 0.3) is 0 Å². The normalized spacial score (nSPS) is 14.4. The van der Waals surface area contributed by atoms with E-state index in [1.165, 1.54) is 0 Å². The van der Waals surface area contributed by atoms with Gasteiger partial charge in [0.05, 0.1) is 0 Å². The summed E-state index contributed by atoms with van der Waals surface area (Å²) in [6.45, 7) is 24.5. The maximum atomic E-state index is 6.11. The molecule has 4 N–H and O–H groups in total. The van der Waals surface area contributed by atoms with E-state index in [1.807, 2.05) is 38.1 Å². The Morgan fingerprint density at radius 3 is 2.47 bits per heavy atom. The molecule has 0 atom stereocenters. The summed E-state index contributed by atoms with van der Waals surface area (Å²) < 4.78 is 0. The molecule has 0 saturated heterocycles. The van der Waals surface area contributed by atoms with E-state index in [9.17, 15) is 0 Å². The third-order valence-corrected chi connectivity index (χ3v) is 5.17. The summed E-state index contributed by atoms with van der Waals surface area (Å²) in [5.41, 5.74) is 15.0. The van der Waals surface area contributed by atoms with Gasteiger partial charge in [-0.2, -0.15) is 0 Å². The van der Waals surface area contributed by atoms with Gasteiger partial charge in [-0.15, -0.1) is 0 Å². The average molecular weight is 420 g/mol. The number of hydrogen-bond acceptors (Lipinski definition) is 3. The smallest absolute Gasteiger partial charge is 0.0493 e. The first-order chi connectivity index (χ1) is 14.1. The van der Waals surface area contributed by atoms with E-state index >= 15 is 0 Å². The zero-order valence-electron chi connectivity index (χ0n) is 17.9. The van der Waals surface area contributed by atoms with Crippen molar-refractivity contribution < 1.29 is 0 Å². The summed E-state index contributed by atoms with van der Waals surface area (Å²) >= 11 is 6.11. The van der Waals surface area contributed by atoms with Crippen molar-refractivity contribution in [3.63, 3.8) is 0 Å². The lowest BCUT2D eigenvalue weighted by atomic mass is 9.85. The molecule has 4 heteroatoms. The number of benzene rings is 1. The van der Waals surface area contributed by atoms with Crippen LogP contribution in [-0.2, 0) is 6.54 Å². The van der Waals surface area contributed by atoms with Gasteiger partial charge in [-0.05, 0) is 71.9 Å². The van der Waals surface area contributed by atoms with E-state index in [-0.39, 0.29) is 0 Å². The van der Waals surface area contributed by atoms with Crippen molar-refractivity contribution in [1.29, 1.82) is 0 Å². The minimum absolute atomic E-state index is 0.463. The Labute approximate surface area is 185 Å². The quantitative estimate of drug-likeness (QED) is 0.375. The zero-order chi connectivity index (χ0) is 22.4. The van der Waals surface area contributed by atoms with Crippen molar-refractivity contribution in [3.05, 3.63) is 125 Å². The third kappa shape index (κ3) is 5.91. The van der Waals surface area contributed by atoms with Gasteiger partial charge >= 0.3 is 0 Å². The predicted octanol–water partition coefficient (Wildman–Crippen LogP) is 6.59. The molecule has 0 bridgehead atoms. The second-order valence-corrected chi connectivity index (χ2v) is 7.82. The first-order valence-corrected chi connectivity index (χ1v) is 10.0. The van der Waals surface area contributed by atoms with Crippen molar-refractivity contribution in [2.75, 3.05) is 5.32 Å². The van der Waals surface area contributed by atoms with Crippen molar-refractivity contribution in [2.45, 2.75) is 26.8 Å². The Bertz CT molecular complexity index is 1010. The molecule has 0 amide bonds. The largest absolute Gasteiger partial charge is 0.403 e. The molecular weight excluding hydrogens is 390 g/mol. The molecule has 0 saturated carbocycles. The van der Waals surface area contributed by atoms with Gasteiger partial charge in [0, 0.05) is 34.4 Å². The van der Waals surface area contributed by atoms with Crippen molar-refractivity contribution in [1.82, 2.24) is 5.32 Å². The van der Waals surface area contributed by atoms with E-state index in [1.54, 1.807) is 0 Å². The van der Waals surface area contributed by atoms with Crippen molar-refractivity contribution in [2.24, 2.45) is 5.73 Å². The number of halogens is 1. The molecule has 0 fully saturated rings. The Morgan fingerprint density at radius 1 is 1.17 bits per heavy atom. The highest BCUT2D eigenvalue weighted by molar-refractivity contribution is 6.31. The molecule has 0 spiro atoms. The number of anilines is 1. The van der Waals surface area contributed by atoms with Crippen LogP contribution in [0.3, 0.4) is 0 Å². The average Bonchev–Trinajstić information content (AvgIpc) is 2.72. The number of hydrogen-bond donors (Lipinski definition) is 3. The highest BCUT2D eigenvalue weighted by Crippen LogP contribution is 2.37. The van der Waals surface area contributed by atoms with Crippen LogP contribution in [0.1, 0.15) is 25.8 Å². The summed E-state index contributed by atoms with van der Waals surface area (Å²) in [6, 6.07) is 8.19. The minimum atomic E-state index is 0.463. The van der Waals surface area contributed by atoms with Crippen molar-refractivity contribution >= 4 is 17.3 Å². The van der Waals surface area contributed by atoms with Gasteiger partial charge in [0.2, 0.25) is 0 Å². The SMILES string of the molecule is C=C(/C=C(\C/C=C(\C)N)C(=C)Cl)C(=C)NCc1cccc(NC2=C(C)C(=C)C2=C)c1. The molecule has 0 heterocycles. The summed E-state index contributed by atoms with van der Waals surface area (Å²) in [6.07, 6.45) is 4.37. The van der Waals surface area contributed by atoms with Gasteiger partial charge < -0.3 is 16.4 Å². The molecule has 2 rings (SSSR count). The highest BCUT2D eigenvalue weighted by atomic mass is 35.5. The standard InChI is InChI=1S/C26H30ClN3/c1-16(13-24(21(6)27)12-11-17(2)28)22(7)29-15-23-9-8-10-25(14-23)30-26-19(4)18(3)20(26)5/h8-11,13-14,29-30H,1,3-4,6-7,12,15,28H2,2,5H3/b17-11+,24-13+. The maximum Gasteiger partial charge on any atom is 0.0493 e. The molecule has 1 aromatic carbocycles. The second kappa shape index (κ2) is 10.0. The van der Waals surface area contributed by atoms with Crippen LogP contribution in [0.2, 0.25) is 0 Å². The predicted molar refractivity (Wildman–Crippen MR) is 132 cm³/mol. The molecule has 1 aliphatic carbocycles. The Kier molecular flexibility index (Phi) is 7.73. The van der Waals surface area contributed by atoms with Crippen LogP contribution in [0.4, 0.5) is 5.69 Å². The summed E-state index contributed by atoms with van der Waals surface area (Å²) in [5.74, 6) is 0. The maximum absolute atomic E-state index is 6.11. The number of nitrogens with one attached hydrogen (secondary N) is 2. The van der Waals surface area contributed by atoms with Crippen LogP contribution >= 0.6 is 11.6 Å². The Hall–Kier alpha value is -3.17. The van der Waals surface area contributed by atoms with Gasteiger partial charge in [0.1, 0.15) is 0 Å². The fourth-order valence-electron chi connectivity index (χ4n) is 2.90. The van der Waals surface area contributed by atoms with E-state index in [0.717, 1.165) is 56.2 Å². The van der Waals surface area contributed by atoms with E-state index < -0.39 is 0 Å². The lowest BCUT2D eigenvalue weighted by Gasteiger charge is -2.28. The third-order valence-electron chi connectivity index (χ3n) is 4.92. The Balaban J connectivity index is 2.00. The fraction of sp³-hybridized carbons (Fsp3) is 0.154. The monoisotopic (exact) mass is 419 g/mol. The molecule has 0 aromatic heterocycles. The van der Waals surface area contributed by atoms with Crippen molar-refractivity contribution in [3.8, 4) is 0 Å². The fourth-order valence-corrected chi connectivity index (χ4v) is 3.03. The van der Waals surface area contributed by atoms with Gasteiger partial charge in [-0.1, -0.05) is 62.7 Å². The van der Waals surface area contributed by atoms with E-state index in [2.05, 4.69) is 55.7 Å². The van der Waals surface area contributed by atoms with Crippen LogP contribution < -0.4 is 16.4 Å². The van der Waals surface area contributed by atoms with E-state index in [0.29, 0.717) is 18.0 Å². The van der Waals surface area contributed by atoms with Gasteiger partial charge in [0.25, 0.3) is 0 Å². The lowest BCUT2D eigenvalue weighted by Crippen LogP contribution is -2.16. The second-order valence-electron chi connectivity index (χ2n) is 7.37. The Morgan fingerprint density at radius 2 is 1.87 bits per heavy atom. The van der Waals surface area contributed by atoms with Crippen LogP contribution in [0.15, 0.2) is 119 Å². The number of allylic oxidation sites excluding steroid dienone is 7. The van der Waals surface area contributed by atoms with E-state index in [4.69, 9.17) is 17.3 Å². The zero-order valence-corrected chi connectivity index (χ0v) is 18.6. The minimum Gasteiger partial charge on any atom is -0.403 e. The molecule has 1 aliphatic rings. The molecule has 0 aliphatic heterocycles. The first-order valence-electron chi connectivity index (χ1n) is 9.65. The molecule has 0 radical (unpaired) electrons. The number of rotatable bonds is 10. The highest BCUT2D eigenvalue weighted by Gasteiger charge is 2.22. The first kappa shape index (κ1) is 23.1. The molecule has 156 valence electrons. The molecule has 3 nitrogen and oxygen atoms in total. The van der Waals surface area contributed by atoms with Gasteiger partial charge in [-0.25, -0.2) is 0 Å². The molecular formula is C26H30ClN3.